The fourth-order valence-corrected chi connectivity index (χ4v) is 2.23. The summed E-state index contributed by atoms with van der Waals surface area (Å²) < 4.78 is 13.0. The lowest BCUT2D eigenvalue weighted by Crippen LogP contribution is -2.30. The Balaban J connectivity index is 2.05. The van der Waals surface area contributed by atoms with Crippen LogP contribution >= 0.6 is 11.6 Å². The fraction of sp³-hybridized carbons (Fsp3) is 0.308. The van der Waals surface area contributed by atoms with E-state index in [0.717, 1.165) is 24.4 Å². The Bertz CT molecular complexity index is 492. The lowest BCUT2D eigenvalue weighted by Gasteiger charge is -2.30. The Morgan fingerprint density at radius 2 is 2.06 bits per heavy atom. The molecule has 0 saturated carbocycles. The third kappa shape index (κ3) is 3.01. The Morgan fingerprint density at radius 3 is 2.61 bits per heavy atom. The Hall–Kier alpha value is -1.55. The quantitative estimate of drug-likeness (QED) is 0.839. The van der Waals surface area contributed by atoms with Gasteiger partial charge >= 0.3 is 5.97 Å². The molecule has 0 spiro atoms. The molecule has 0 unspecified atom stereocenters. The highest BCUT2D eigenvalue weighted by atomic mass is 35.5. The van der Waals surface area contributed by atoms with Gasteiger partial charge in [0.1, 0.15) is 5.82 Å². The van der Waals surface area contributed by atoms with Crippen LogP contribution in [-0.4, -0.2) is 24.2 Å². The van der Waals surface area contributed by atoms with Gasteiger partial charge in [-0.3, -0.25) is 0 Å². The number of nitrogens with zero attached hydrogens (tertiary/aromatic N) is 1. The monoisotopic (exact) mass is 269 g/mol. The number of benzene rings is 1. The Morgan fingerprint density at radius 1 is 1.39 bits per heavy atom. The fourth-order valence-electron chi connectivity index (χ4n) is 2.05. The van der Waals surface area contributed by atoms with Crippen molar-refractivity contribution in [3.63, 3.8) is 0 Å². The van der Waals surface area contributed by atoms with E-state index in [-0.39, 0.29) is 5.02 Å². The van der Waals surface area contributed by atoms with Gasteiger partial charge in [-0.25, -0.2) is 9.18 Å². The molecule has 1 aliphatic rings. The number of aliphatic carboxylic acids is 1. The number of carboxylic acids is 1. The summed E-state index contributed by atoms with van der Waals surface area (Å²) in [5.74, 6) is -1.33. The molecule has 1 fully saturated rings. The lowest BCUT2D eigenvalue weighted by molar-refractivity contribution is -0.131. The van der Waals surface area contributed by atoms with Gasteiger partial charge in [0.2, 0.25) is 0 Å². The van der Waals surface area contributed by atoms with Gasteiger partial charge in [-0.1, -0.05) is 17.2 Å². The maximum atomic E-state index is 13.0. The van der Waals surface area contributed by atoms with Crippen molar-refractivity contribution in [1.82, 2.24) is 0 Å². The average Bonchev–Trinajstić information content (AvgIpc) is 2.33. The van der Waals surface area contributed by atoms with E-state index < -0.39 is 11.8 Å². The van der Waals surface area contributed by atoms with Crippen molar-refractivity contribution < 1.29 is 14.3 Å². The molecule has 0 aromatic heterocycles. The summed E-state index contributed by atoms with van der Waals surface area (Å²) in [5.41, 5.74) is 1.81. The summed E-state index contributed by atoms with van der Waals surface area (Å²) in [4.78, 5) is 12.6. The van der Waals surface area contributed by atoms with Gasteiger partial charge in [-0.15, -0.1) is 0 Å². The highest BCUT2D eigenvalue weighted by molar-refractivity contribution is 6.31. The summed E-state index contributed by atoms with van der Waals surface area (Å²) in [7, 11) is 0. The highest BCUT2D eigenvalue weighted by Gasteiger charge is 2.16. The number of carboxylic acid groups (broad SMARTS) is 1. The van der Waals surface area contributed by atoms with Crippen LogP contribution in [-0.2, 0) is 4.79 Å². The molecule has 2 rings (SSSR count). The van der Waals surface area contributed by atoms with Crippen LogP contribution in [0.1, 0.15) is 12.8 Å². The van der Waals surface area contributed by atoms with Gasteiger partial charge in [0, 0.05) is 24.9 Å². The summed E-state index contributed by atoms with van der Waals surface area (Å²) in [6.07, 6.45) is 2.69. The maximum Gasteiger partial charge on any atom is 0.328 e. The molecule has 96 valence electrons. The predicted molar refractivity (Wildman–Crippen MR) is 68.6 cm³/mol. The highest BCUT2D eigenvalue weighted by Crippen LogP contribution is 2.26. The zero-order chi connectivity index (χ0) is 13.1. The summed E-state index contributed by atoms with van der Waals surface area (Å²) in [6, 6.07) is 4.64. The minimum Gasteiger partial charge on any atom is -0.478 e. The molecular formula is C13H13ClFNO2. The molecule has 3 nitrogen and oxygen atoms in total. The van der Waals surface area contributed by atoms with Crippen molar-refractivity contribution in [2.45, 2.75) is 12.8 Å². The van der Waals surface area contributed by atoms with Crippen LogP contribution in [0.4, 0.5) is 10.1 Å². The van der Waals surface area contributed by atoms with E-state index in [1.807, 2.05) is 0 Å². The van der Waals surface area contributed by atoms with E-state index >= 15 is 0 Å². The first kappa shape index (κ1) is 12.9. The van der Waals surface area contributed by atoms with Gasteiger partial charge in [-0.05, 0) is 31.0 Å². The van der Waals surface area contributed by atoms with E-state index in [2.05, 4.69) is 4.90 Å². The van der Waals surface area contributed by atoms with Crippen LogP contribution in [0.25, 0.3) is 0 Å². The molecule has 1 heterocycles. The molecule has 0 bridgehead atoms. The molecule has 0 atom stereocenters. The van der Waals surface area contributed by atoms with Crippen molar-refractivity contribution in [3.05, 3.63) is 40.7 Å². The smallest absolute Gasteiger partial charge is 0.328 e. The normalized spacial score (nSPS) is 15.7. The third-order valence-corrected chi connectivity index (χ3v) is 3.29. The SMILES string of the molecule is O=C(O)C=C1CCN(c2ccc(F)c(Cl)c2)CC1. The molecule has 18 heavy (non-hydrogen) atoms. The predicted octanol–water partition coefficient (Wildman–Crippen LogP) is 3.09. The molecule has 1 aliphatic heterocycles. The van der Waals surface area contributed by atoms with Crippen molar-refractivity contribution in [2.24, 2.45) is 0 Å². The summed E-state index contributed by atoms with van der Waals surface area (Å²) in [6.45, 7) is 1.45. The zero-order valence-corrected chi connectivity index (χ0v) is 10.5. The molecule has 1 aromatic rings. The molecule has 1 saturated heterocycles. The molecule has 0 radical (unpaired) electrons. The second kappa shape index (κ2) is 5.40. The first-order valence-electron chi connectivity index (χ1n) is 5.68. The average molecular weight is 270 g/mol. The molecule has 0 aliphatic carbocycles. The van der Waals surface area contributed by atoms with Crippen LogP contribution in [0.2, 0.25) is 5.02 Å². The third-order valence-electron chi connectivity index (χ3n) is 3.00. The number of halogens is 2. The topological polar surface area (TPSA) is 40.5 Å². The number of rotatable bonds is 2. The molecule has 5 heteroatoms. The minimum atomic E-state index is -0.900. The maximum absolute atomic E-state index is 13.0. The van der Waals surface area contributed by atoms with Crippen LogP contribution in [0.15, 0.2) is 29.8 Å². The second-order valence-corrected chi connectivity index (χ2v) is 4.63. The number of piperidine rings is 1. The van der Waals surface area contributed by atoms with Gasteiger partial charge in [0.25, 0.3) is 0 Å². The van der Waals surface area contributed by atoms with Crippen LogP contribution in [0, 0.1) is 5.82 Å². The van der Waals surface area contributed by atoms with Gasteiger partial charge in [-0.2, -0.15) is 0 Å². The van der Waals surface area contributed by atoms with E-state index in [9.17, 15) is 9.18 Å². The van der Waals surface area contributed by atoms with E-state index in [4.69, 9.17) is 16.7 Å². The molecule has 1 aromatic carbocycles. The largest absolute Gasteiger partial charge is 0.478 e. The summed E-state index contributed by atoms with van der Waals surface area (Å²) in [5, 5.41) is 8.78. The van der Waals surface area contributed by atoms with Crippen LogP contribution < -0.4 is 4.90 Å². The number of carbonyl (C=O) groups is 1. The standard InChI is InChI=1S/C13H13ClFNO2/c14-11-8-10(1-2-12(11)15)16-5-3-9(4-6-16)7-13(17)18/h1-2,7-8H,3-6H2,(H,17,18). The van der Waals surface area contributed by atoms with Crippen molar-refractivity contribution in [2.75, 3.05) is 18.0 Å². The van der Waals surface area contributed by atoms with E-state index in [1.54, 1.807) is 12.1 Å². The first-order valence-corrected chi connectivity index (χ1v) is 6.06. The van der Waals surface area contributed by atoms with E-state index in [0.29, 0.717) is 12.8 Å². The second-order valence-electron chi connectivity index (χ2n) is 4.23. The van der Waals surface area contributed by atoms with Crippen molar-refractivity contribution in [3.8, 4) is 0 Å². The van der Waals surface area contributed by atoms with Crippen LogP contribution in [0.5, 0.6) is 0 Å². The zero-order valence-electron chi connectivity index (χ0n) is 9.70. The Labute approximate surface area is 109 Å². The number of anilines is 1. The van der Waals surface area contributed by atoms with Crippen LogP contribution in [0.3, 0.4) is 0 Å². The number of hydrogen-bond acceptors (Lipinski definition) is 2. The van der Waals surface area contributed by atoms with Crippen molar-refractivity contribution in [1.29, 1.82) is 0 Å². The molecular weight excluding hydrogens is 257 g/mol. The van der Waals surface area contributed by atoms with Gasteiger partial charge in [0.05, 0.1) is 5.02 Å². The Kier molecular flexibility index (Phi) is 3.87. The first-order chi connectivity index (χ1) is 8.56. The van der Waals surface area contributed by atoms with E-state index in [1.165, 1.54) is 12.1 Å². The van der Waals surface area contributed by atoms with Crippen molar-refractivity contribution >= 4 is 23.3 Å². The molecule has 1 N–H and O–H groups in total. The van der Waals surface area contributed by atoms with Gasteiger partial charge < -0.3 is 10.0 Å². The minimum absolute atomic E-state index is 0.111. The van der Waals surface area contributed by atoms with Gasteiger partial charge in [0.15, 0.2) is 0 Å². The molecule has 0 amide bonds. The summed E-state index contributed by atoms with van der Waals surface area (Å²) >= 11 is 5.74. The number of hydrogen-bond donors (Lipinski definition) is 1. The lowest BCUT2D eigenvalue weighted by atomic mass is 10.0.